The fraction of sp³-hybridized carbons (Fsp3) is 0.250. The molecule has 0 aliphatic rings. The van der Waals surface area contributed by atoms with Crippen LogP contribution < -0.4 is 6.15 Å². The van der Waals surface area contributed by atoms with Crippen LogP contribution in [-0.2, 0) is 20.9 Å². The van der Waals surface area contributed by atoms with Crippen molar-refractivity contribution in [1.82, 2.24) is 6.15 Å². The highest BCUT2D eigenvalue weighted by Gasteiger charge is 2.47. The van der Waals surface area contributed by atoms with Gasteiger partial charge in [0.1, 0.15) is 0 Å². The maximum absolute atomic E-state index is 11.9. The zero-order chi connectivity index (χ0) is 12.4. The number of rotatable bonds is 3. The second-order valence-corrected chi connectivity index (χ2v) is 4.77. The van der Waals surface area contributed by atoms with E-state index >= 15 is 0 Å². The van der Waals surface area contributed by atoms with Gasteiger partial charge in [-0.1, -0.05) is 29.8 Å². The van der Waals surface area contributed by atoms with Crippen LogP contribution >= 0.6 is 11.6 Å². The van der Waals surface area contributed by atoms with E-state index in [4.69, 9.17) is 11.6 Å². The van der Waals surface area contributed by atoms with Crippen LogP contribution in [0, 0.1) is 0 Å². The molecule has 0 bridgehead atoms. The van der Waals surface area contributed by atoms with Crippen molar-refractivity contribution in [2.75, 3.05) is 0 Å². The van der Waals surface area contributed by atoms with Gasteiger partial charge in [0, 0.05) is 5.02 Å². The van der Waals surface area contributed by atoms with Crippen molar-refractivity contribution in [1.29, 1.82) is 0 Å². The zero-order valence-electron chi connectivity index (χ0n) is 8.37. The van der Waals surface area contributed by atoms with Gasteiger partial charge in [0.25, 0.3) is 0 Å². The summed E-state index contributed by atoms with van der Waals surface area (Å²) >= 11 is 5.61. The Hall–Kier alpha value is -0.830. The molecule has 0 spiro atoms. The van der Waals surface area contributed by atoms with Crippen LogP contribution in [-0.4, -0.2) is 13.9 Å². The van der Waals surface area contributed by atoms with Crippen molar-refractivity contribution < 1.29 is 25.8 Å². The van der Waals surface area contributed by atoms with E-state index in [1.165, 1.54) is 18.2 Å². The maximum Gasteiger partial charge on any atom is 0.523 e. The Kier molecular flexibility index (Phi) is 5.40. The highest BCUT2D eigenvalue weighted by molar-refractivity contribution is 7.87. The molecular weight excluding hydrogens is 283 g/mol. The molecule has 0 fully saturated rings. The van der Waals surface area contributed by atoms with Crippen LogP contribution in [0.4, 0.5) is 13.2 Å². The summed E-state index contributed by atoms with van der Waals surface area (Å²) in [5, 5.41) is 0.139. The standard InChI is InChI=1S/C8H6ClF3O3S.H3N/c9-7-4-2-1-3-6(7)5-15-16(13,14)8(10,11)12;/h1-4H,5H2;1H3. The Morgan fingerprint density at radius 3 is 2.24 bits per heavy atom. The average molecular weight is 292 g/mol. The Morgan fingerprint density at radius 1 is 1.24 bits per heavy atom. The first kappa shape index (κ1) is 16.2. The van der Waals surface area contributed by atoms with E-state index in [1.54, 1.807) is 6.07 Å². The lowest BCUT2D eigenvalue weighted by Gasteiger charge is -2.08. The first-order valence-corrected chi connectivity index (χ1v) is 5.72. The van der Waals surface area contributed by atoms with Gasteiger partial charge in [-0.15, -0.1) is 0 Å². The van der Waals surface area contributed by atoms with Crippen LogP contribution in [0.2, 0.25) is 5.02 Å². The molecule has 0 amide bonds. The van der Waals surface area contributed by atoms with Crippen LogP contribution in [0.25, 0.3) is 0 Å². The van der Waals surface area contributed by atoms with E-state index < -0.39 is 22.2 Å². The molecule has 17 heavy (non-hydrogen) atoms. The molecule has 0 saturated heterocycles. The van der Waals surface area contributed by atoms with Crippen molar-refractivity contribution >= 4 is 21.7 Å². The summed E-state index contributed by atoms with van der Waals surface area (Å²) in [5.74, 6) is 0. The first-order chi connectivity index (χ1) is 7.24. The topological polar surface area (TPSA) is 78.4 Å². The van der Waals surface area contributed by atoms with E-state index in [0.29, 0.717) is 0 Å². The largest absolute Gasteiger partial charge is 0.523 e. The Labute approximate surface area is 101 Å². The highest BCUT2D eigenvalue weighted by Crippen LogP contribution is 2.26. The third-order valence-electron chi connectivity index (χ3n) is 1.61. The van der Waals surface area contributed by atoms with Gasteiger partial charge in [0.2, 0.25) is 0 Å². The molecule has 9 heteroatoms. The summed E-state index contributed by atoms with van der Waals surface area (Å²) in [6.07, 6.45) is 0. The van der Waals surface area contributed by atoms with Crippen molar-refractivity contribution in [3.63, 3.8) is 0 Å². The Balaban J connectivity index is 0.00000256. The summed E-state index contributed by atoms with van der Waals surface area (Å²) in [6.45, 7) is -0.748. The minimum absolute atomic E-state index is 0. The quantitative estimate of drug-likeness (QED) is 0.686. The SMILES string of the molecule is N.O=S(=O)(OCc1ccccc1Cl)C(F)(F)F. The van der Waals surface area contributed by atoms with E-state index in [-0.39, 0.29) is 16.7 Å². The van der Waals surface area contributed by atoms with Gasteiger partial charge in [-0.25, -0.2) is 0 Å². The normalized spacial score (nSPS) is 12.0. The minimum Gasteiger partial charge on any atom is -0.344 e. The molecular formula is C8H9ClF3NO3S. The minimum atomic E-state index is -5.57. The number of hydrogen-bond donors (Lipinski definition) is 1. The lowest BCUT2D eigenvalue weighted by atomic mass is 10.2. The molecule has 0 aliphatic heterocycles. The molecule has 0 saturated carbocycles. The first-order valence-electron chi connectivity index (χ1n) is 3.93. The van der Waals surface area contributed by atoms with Gasteiger partial charge in [0.05, 0.1) is 6.61 Å². The van der Waals surface area contributed by atoms with Crippen molar-refractivity contribution in [3.8, 4) is 0 Å². The van der Waals surface area contributed by atoms with Crippen molar-refractivity contribution in [2.45, 2.75) is 12.1 Å². The van der Waals surface area contributed by atoms with E-state index in [2.05, 4.69) is 4.18 Å². The van der Waals surface area contributed by atoms with E-state index in [9.17, 15) is 21.6 Å². The molecule has 0 heterocycles. The third-order valence-corrected chi connectivity index (χ3v) is 2.97. The van der Waals surface area contributed by atoms with E-state index in [0.717, 1.165) is 0 Å². The van der Waals surface area contributed by atoms with Gasteiger partial charge in [-0.05, 0) is 11.6 Å². The van der Waals surface area contributed by atoms with Crippen LogP contribution in [0.3, 0.4) is 0 Å². The van der Waals surface area contributed by atoms with Gasteiger partial charge in [-0.2, -0.15) is 21.6 Å². The second-order valence-electron chi connectivity index (χ2n) is 2.75. The molecule has 0 atom stereocenters. The maximum atomic E-state index is 11.9. The molecule has 0 radical (unpaired) electrons. The summed E-state index contributed by atoms with van der Waals surface area (Å²) in [6, 6.07) is 5.85. The van der Waals surface area contributed by atoms with Gasteiger partial charge < -0.3 is 6.15 Å². The Morgan fingerprint density at radius 2 is 1.76 bits per heavy atom. The monoisotopic (exact) mass is 291 g/mol. The third kappa shape index (κ3) is 4.15. The number of alkyl halides is 3. The second kappa shape index (κ2) is 5.67. The number of halogens is 4. The Bertz CT molecular complexity index is 475. The predicted molar refractivity (Wildman–Crippen MR) is 56.2 cm³/mol. The van der Waals surface area contributed by atoms with Crippen LogP contribution in [0.1, 0.15) is 5.56 Å². The van der Waals surface area contributed by atoms with Gasteiger partial charge in [0.15, 0.2) is 0 Å². The molecule has 98 valence electrons. The molecule has 1 aromatic rings. The molecule has 1 aromatic carbocycles. The average Bonchev–Trinajstić information content (AvgIpc) is 2.15. The van der Waals surface area contributed by atoms with E-state index in [1.807, 2.05) is 0 Å². The number of benzene rings is 1. The fourth-order valence-electron chi connectivity index (χ4n) is 0.823. The van der Waals surface area contributed by atoms with Crippen LogP contribution in [0.5, 0.6) is 0 Å². The zero-order valence-corrected chi connectivity index (χ0v) is 9.94. The van der Waals surface area contributed by atoms with Gasteiger partial charge >= 0.3 is 15.6 Å². The lowest BCUT2D eigenvalue weighted by molar-refractivity contribution is -0.0547. The summed E-state index contributed by atoms with van der Waals surface area (Å²) in [5.41, 5.74) is -5.26. The van der Waals surface area contributed by atoms with Crippen LogP contribution in [0.15, 0.2) is 24.3 Å². The lowest BCUT2D eigenvalue weighted by Crippen LogP contribution is -2.25. The smallest absolute Gasteiger partial charge is 0.344 e. The summed E-state index contributed by atoms with van der Waals surface area (Å²) in [4.78, 5) is 0. The van der Waals surface area contributed by atoms with Gasteiger partial charge in [-0.3, -0.25) is 4.18 Å². The molecule has 0 aromatic heterocycles. The van der Waals surface area contributed by atoms with Crippen molar-refractivity contribution in [3.05, 3.63) is 34.9 Å². The molecule has 1 rings (SSSR count). The summed E-state index contributed by atoms with van der Waals surface area (Å²) < 4.78 is 60.6. The molecule has 3 N–H and O–H groups in total. The highest BCUT2D eigenvalue weighted by atomic mass is 35.5. The van der Waals surface area contributed by atoms with Crippen molar-refractivity contribution in [2.24, 2.45) is 0 Å². The predicted octanol–water partition coefficient (Wildman–Crippen LogP) is 2.87. The molecule has 0 unspecified atom stereocenters. The number of hydrogen-bond acceptors (Lipinski definition) is 4. The fourth-order valence-corrected chi connectivity index (χ4v) is 1.43. The summed E-state index contributed by atoms with van der Waals surface area (Å²) in [7, 11) is -5.57. The molecule has 4 nitrogen and oxygen atoms in total. The molecule has 0 aliphatic carbocycles.